The number of nitrogens with zero attached hydrogens (tertiary/aromatic N) is 1. The molecule has 1 aliphatic carbocycles. The van der Waals surface area contributed by atoms with Gasteiger partial charge in [0.2, 0.25) is 11.8 Å². The molecule has 2 amide bonds. The Morgan fingerprint density at radius 1 is 1.29 bits per heavy atom. The zero-order chi connectivity index (χ0) is 17.2. The smallest absolute Gasteiger partial charge is 0.245 e. The summed E-state index contributed by atoms with van der Waals surface area (Å²) < 4.78 is 13.4. The molecule has 2 aliphatic rings. The van der Waals surface area contributed by atoms with E-state index in [2.05, 4.69) is 10.6 Å². The van der Waals surface area contributed by atoms with Crippen LogP contribution >= 0.6 is 0 Å². The van der Waals surface area contributed by atoms with Crippen molar-refractivity contribution in [1.29, 1.82) is 0 Å². The normalized spacial score (nSPS) is 19.7. The Morgan fingerprint density at radius 3 is 2.58 bits per heavy atom. The zero-order valence-electron chi connectivity index (χ0n) is 14.0. The Bertz CT molecular complexity index is 622. The first-order valence-electron chi connectivity index (χ1n) is 8.56. The summed E-state index contributed by atoms with van der Waals surface area (Å²) in [6.45, 7) is 1.09. The van der Waals surface area contributed by atoms with E-state index < -0.39 is 5.54 Å². The molecule has 5 nitrogen and oxygen atoms in total. The maximum absolute atomic E-state index is 13.4. The lowest BCUT2D eigenvalue weighted by atomic mass is 9.85. The second-order valence-electron chi connectivity index (χ2n) is 6.82. The van der Waals surface area contributed by atoms with Crippen LogP contribution in [-0.2, 0) is 9.59 Å². The average Bonchev–Trinajstić information content (AvgIpc) is 3.38. The van der Waals surface area contributed by atoms with Crippen LogP contribution in [-0.4, -0.2) is 42.4 Å². The quantitative estimate of drug-likeness (QED) is 0.868. The van der Waals surface area contributed by atoms with Gasteiger partial charge in [-0.25, -0.2) is 4.39 Å². The SMILES string of the molecule is CNC(=O)C1(Nc2cccc(F)c2)CCN(C(=O)CC2CC2)CC1. The van der Waals surface area contributed by atoms with Gasteiger partial charge in [0, 0.05) is 32.2 Å². The van der Waals surface area contributed by atoms with Gasteiger partial charge >= 0.3 is 0 Å². The molecule has 2 N–H and O–H groups in total. The van der Waals surface area contributed by atoms with Crippen LogP contribution in [0.2, 0.25) is 0 Å². The first kappa shape index (κ1) is 16.7. The number of benzene rings is 1. The van der Waals surface area contributed by atoms with Gasteiger partial charge in [0.25, 0.3) is 0 Å². The molecule has 0 aromatic heterocycles. The Balaban J connectivity index is 1.69. The molecule has 0 radical (unpaired) electrons. The van der Waals surface area contributed by atoms with Crippen molar-refractivity contribution in [3.05, 3.63) is 30.1 Å². The number of likely N-dealkylation sites (tertiary alicyclic amines) is 1. The minimum absolute atomic E-state index is 0.124. The molecule has 1 aliphatic heterocycles. The molecule has 3 rings (SSSR count). The fourth-order valence-electron chi connectivity index (χ4n) is 3.33. The third kappa shape index (κ3) is 3.68. The molecule has 130 valence electrons. The molecule has 1 saturated carbocycles. The average molecular weight is 333 g/mol. The highest BCUT2D eigenvalue weighted by molar-refractivity contribution is 5.90. The molecule has 1 saturated heterocycles. The summed E-state index contributed by atoms with van der Waals surface area (Å²) in [6, 6.07) is 6.12. The molecule has 24 heavy (non-hydrogen) atoms. The summed E-state index contributed by atoms with van der Waals surface area (Å²) in [5.74, 6) is 0.285. The number of carbonyl (C=O) groups is 2. The van der Waals surface area contributed by atoms with E-state index in [1.807, 2.05) is 4.90 Å². The highest BCUT2D eigenvalue weighted by Crippen LogP contribution is 2.34. The molecule has 0 spiro atoms. The Morgan fingerprint density at radius 2 is 2.00 bits per heavy atom. The van der Waals surface area contributed by atoms with Gasteiger partial charge < -0.3 is 15.5 Å². The van der Waals surface area contributed by atoms with Crippen molar-refractivity contribution in [3.63, 3.8) is 0 Å². The molecule has 1 aromatic rings. The fourth-order valence-corrected chi connectivity index (χ4v) is 3.33. The minimum Gasteiger partial charge on any atom is -0.371 e. The molecule has 6 heteroatoms. The lowest BCUT2D eigenvalue weighted by Gasteiger charge is -2.41. The number of piperidine rings is 1. The predicted molar refractivity (Wildman–Crippen MR) is 90.0 cm³/mol. The van der Waals surface area contributed by atoms with E-state index in [0.29, 0.717) is 44.0 Å². The molecule has 1 heterocycles. The van der Waals surface area contributed by atoms with Crippen LogP contribution in [0.3, 0.4) is 0 Å². The maximum atomic E-state index is 13.4. The van der Waals surface area contributed by atoms with Crippen molar-refractivity contribution in [2.45, 2.75) is 37.6 Å². The van der Waals surface area contributed by atoms with E-state index in [1.54, 1.807) is 19.2 Å². The van der Waals surface area contributed by atoms with Crippen molar-refractivity contribution in [2.24, 2.45) is 5.92 Å². The molecular weight excluding hydrogens is 309 g/mol. The van der Waals surface area contributed by atoms with E-state index in [4.69, 9.17) is 0 Å². The second kappa shape index (κ2) is 6.79. The van der Waals surface area contributed by atoms with Gasteiger partial charge in [-0.3, -0.25) is 9.59 Å². The van der Waals surface area contributed by atoms with Crippen LogP contribution in [0.25, 0.3) is 0 Å². The highest BCUT2D eigenvalue weighted by atomic mass is 19.1. The van der Waals surface area contributed by atoms with Crippen LogP contribution in [0.1, 0.15) is 32.1 Å². The first-order chi connectivity index (χ1) is 11.5. The van der Waals surface area contributed by atoms with Crippen molar-refractivity contribution >= 4 is 17.5 Å². The summed E-state index contributed by atoms with van der Waals surface area (Å²) in [4.78, 5) is 26.6. The Hall–Kier alpha value is -2.11. The van der Waals surface area contributed by atoms with Crippen LogP contribution in [0.4, 0.5) is 10.1 Å². The van der Waals surface area contributed by atoms with Gasteiger partial charge in [0.1, 0.15) is 11.4 Å². The van der Waals surface area contributed by atoms with E-state index in [-0.39, 0.29) is 17.6 Å². The van der Waals surface area contributed by atoms with Gasteiger partial charge in [0.05, 0.1) is 0 Å². The van der Waals surface area contributed by atoms with E-state index in [9.17, 15) is 14.0 Å². The van der Waals surface area contributed by atoms with Gasteiger partial charge in [-0.15, -0.1) is 0 Å². The Labute approximate surface area is 141 Å². The fraction of sp³-hybridized carbons (Fsp3) is 0.556. The predicted octanol–water partition coefficient (Wildman–Crippen LogP) is 2.14. The third-order valence-corrected chi connectivity index (χ3v) is 5.00. The number of anilines is 1. The molecule has 2 fully saturated rings. The molecule has 0 bridgehead atoms. The zero-order valence-corrected chi connectivity index (χ0v) is 14.0. The summed E-state index contributed by atoms with van der Waals surface area (Å²) in [6.07, 6.45) is 3.97. The van der Waals surface area contributed by atoms with Crippen molar-refractivity contribution < 1.29 is 14.0 Å². The third-order valence-electron chi connectivity index (χ3n) is 5.00. The number of likely N-dealkylation sites (N-methyl/N-ethyl adjacent to an activating group) is 1. The number of hydrogen-bond acceptors (Lipinski definition) is 3. The van der Waals surface area contributed by atoms with Crippen LogP contribution in [0, 0.1) is 11.7 Å². The molecule has 0 atom stereocenters. The summed E-state index contributed by atoms with van der Waals surface area (Å²) in [5.41, 5.74) is -0.227. The number of nitrogens with one attached hydrogen (secondary N) is 2. The lowest BCUT2D eigenvalue weighted by molar-refractivity contribution is -0.136. The van der Waals surface area contributed by atoms with Crippen LogP contribution < -0.4 is 10.6 Å². The molecular formula is C18H24FN3O2. The van der Waals surface area contributed by atoms with E-state index >= 15 is 0 Å². The number of hydrogen-bond donors (Lipinski definition) is 2. The highest BCUT2D eigenvalue weighted by Gasteiger charge is 2.42. The largest absolute Gasteiger partial charge is 0.371 e. The number of amides is 2. The van der Waals surface area contributed by atoms with Crippen molar-refractivity contribution in [2.75, 3.05) is 25.5 Å². The summed E-state index contributed by atoms with van der Waals surface area (Å²) in [5, 5.41) is 5.91. The molecule has 0 unspecified atom stereocenters. The van der Waals surface area contributed by atoms with Crippen LogP contribution in [0.15, 0.2) is 24.3 Å². The topological polar surface area (TPSA) is 61.4 Å². The van der Waals surface area contributed by atoms with Crippen molar-refractivity contribution in [1.82, 2.24) is 10.2 Å². The van der Waals surface area contributed by atoms with E-state index in [1.165, 1.54) is 12.1 Å². The Kier molecular flexibility index (Phi) is 4.73. The molecule has 1 aromatic carbocycles. The van der Waals surface area contributed by atoms with E-state index in [0.717, 1.165) is 12.8 Å². The van der Waals surface area contributed by atoms with Gasteiger partial charge in [-0.05, 0) is 49.8 Å². The minimum atomic E-state index is -0.807. The second-order valence-corrected chi connectivity index (χ2v) is 6.82. The van der Waals surface area contributed by atoms with Crippen molar-refractivity contribution in [3.8, 4) is 0 Å². The van der Waals surface area contributed by atoms with Gasteiger partial charge in [-0.2, -0.15) is 0 Å². The van der Waals surface area contributed by atoms with Gasteiger partial charge in [0.15, 0.2) is 0 Å². The number of rotatable bonds is 5. The van der Waals surface area contributed by atoms with Gasteiger partial charge in [-0.1, -0.05) is 6.07 Å². The monoisotopic (exact) mass is 333 g/mol. The number of carbonyl (C=O) groups excluding carboxylic acids is 2. The lowest BCUT2D eigenvalue weighted by Crippen LogP contribution is -2.58. The standard InChI is InChI=1S/C18H24FN3O2/c1-20-17(24)18(21-15-4-2-3-14(19)12-15)7-9-22(10-8-18)16(23)11-13-5-6-13/h2-4,12-13,21H,5-11H2,1H3,(H,20,24). The number of halogens is 1. The first-order valence-corrected chi connectivity index (χ1v) is 8.56. The summed E-state index contributed by atoms with van der Waals surface area (Å²) in [7, 11) is 1.60. The van der Waals surface area contributed by atoms with Crippen LogP contribution in [0.5, 0.6) is 0 Å². The maximum Gasteiger partial charge on any atom is 0.245 e. The summed E-state index contributed by atoms with van der Waals surface area (Å²) >= 11 is 0.